The summed E-state index contributed by atoms with van der Waals surface area (Å²) in [4.78, 5) is 125. The molecule has 0 radical (unpaired) electrons. The van der Waals surface area contributed by atoms with Crippen LogP contribution >= 0.6 is 0 Å². The summed E-state index contributed by atoms with van der Waals surface area (Å²) in [6.07, 6.45) is 33.7. The van der Waals surface area contributed by atoms with E-state index >= 15 is 0 Å². The summed E-state index contributed by atoms with van der Waals surface area (Å²) in [5, 5.41) is 30.3. The minimum Gasteiger partial charge on any atom is -0.481 e. The average Bonchev–Trinajstić information content (AvgIpc) is 1.62. The highest BCUT2D eigenvalue weighted by molar-refractivity contribution is 6.03. The summed E-state index contributed by atoms with van der Waals surface area (Å²) in [7, 11) is 4.93. The third-order valence-corrected chi connectivity index (χ3v) is 29.4. The first-order chi connectivity index (χ1) is 69.7. The summed E-state index contributed by atoms with van der Waals surface area (Å²) in [6.45, 7) is 52.2. The van der Waals surface area contributed by atoms with Crippen LogP contribution in [0.3, 0.4) is 0 Å². The summed E-state index contributed by atoms with van der Waals surface area (Å²) >= 11 is 0. The van der Waals surface area contributed by atoms with E-state index in [0.29, 0.717) is 82.1 Å². The van der Waals surface area contributed by atoms with Crippen molar-refractivity contribution in [3.05, 3.63) is 247 Å². The van der Waals surface area contributed by atoms with Gasteiger partial charge in [-0.15, -0.1) is 0 Å². The van der Waals surface area contributed by atoms with E-state index in [1.165, 1.54) is 77.0 Å². The van der Waals surface area contributed by atoms with Gasteiger partial charge in [-0.05, 0) is 301 Å². The van der Waals surface area contributed by atoms with Crippen molar-refractivity contribution in [1.29, 1.82) is 0 Å². The smallest absolute Gasteiger partial charge is 0.303 e. The predicted octanol–water partition coefficient (Wildman–Crippen LogP) is 27.9. The summed E-state index contributed by atoms with van der Waals surface area (Å²) in [5.74, 6) is -1.79. The lowest BCUT2D eigenvalue weighted by molar-refractivity contribution is -0.137. The number of H-pyrrole nitrogens is 6. The first-order valence-electron chi connectivity index (χ1n) is 51.3. The molecule has 0 aliphatic carbocycles. The van der Waals surface area contributed by atoms with E-state index in [2.05, 4.69) is 176 Å². The maximum Gasteiger partial charge on any atom is 0.303 e. The molecule has 0 fully saturated rings. The number of nitrogens with zero attached hydrogens (tertiary/aromatic N) is 6. The number of aryl methyl sites for hydroxylation is 6. The monoisotopic (exact) mass is 1950 g/mol. The maximum atomic E-state index is 13.2. The average molecular weight is 1950 g/mol. The lowest BCUT2D eigenvalue weighted by atomic mass is 9.98. The maximum absolute atomic E-state index is 13.2. The van der Waals surface area contributed by atoms with Gasteiger partial charge in [0.05, 0.1) is 68.3 Å². The fourth-order valence-corrected chi connectivity index (χ4v) is 20.3. The predicted molar refractivity (Wildman–Crippen MR) is 603 cm³/mol. The number of aliphatic carboxylic acids is 2. The number of aromatic amines is 6. The van der Waals surface area contributed by atoms with Gasteiger partial charge in [0.25, 0.3) is 0 Å². The van der Waals surface area contributed by atoms with E-state index in [0.717, 1.165) is 270 Å². The number of fused-ring (bicyclic) bond motifs is 24. The molecular formula is C121H144N16O8. The van der Waals surface area contributed by atoms with E-state index in [4.69, 9.17) is 29.9 Å². The second kappa shape index (κ2) is 48.9. The zero-order valence-corrected chi connectivity index (χ0v) is 87.8. The van der Waals surface area contributed by atoms with Crippen LogP contribution in [-0.2, 0) is 28.8 Å². The van der Waals surface area contributed by atoms with Gasteiger partial charge in [-0.3, -0.25) is 28.8 Å². The van der Waals surface area contributed by atoms with Gasteiger partial charge in [-0.1, -0.05) is 166 Å². The van der Waals surface area contributed by atoms with Crippen molar-refractivity contribution in [3.8, 4) is 0 Å². The number of carboxylic acid groups (broad SMARTS) is 2. The van der Waals surface area contributed by atoms with Crippen LogP contribution in [0.25, 0.3) is 170 Å². The van der Waals surface area contributed by atoms with Crippen LogP contribution in [0.1, 0.15) is 350 Å². The number of rotatable bonds is 39. The number of hydrogen-bond acceptors (Lipinski definition) is 12. The van der Waals surface area contributed by atoms with Crippen molar-refractivity contribution in [2.45, 2.75) is 257 Å². The topological polar surface area (TPSA) is 363 Å². The van der Waals surface area contributed by atoms with Crippen LogP contribution in [0.2, 0.25) is 0 Å². The number of carboxylic acids is 2. The Hall–Kier alpha value is -14.9. The van der Waals surface area contributed by atoms with Crippen LogP contribution in [0.4, 0.5) is 0 Å². The number of nitrogens with one attached hydrogen (secondary N) is 10. The molecule has 6 aliphatic rings. The molecule has 4 amide bonds. The zero-order chi connectivity index (χ0) is 104. The van der Waals surface area contributed by atoms with Gasteiger partial charge in [0.1, 0.15) is 0 Å². The Labute approximate surface area is 852 Å². The van der Waals surface area contributed by atoms with E-state index < -0.39 is 11.9 Å². The Morgan fingerprint density at radius 1 is 0.255 bits per heavy atom. The number of carbonyl (C=O) groups is 6. The minimum absolute atomic E-state index is 0.0112. The van der Waals surface area contributed by atoms with Crippen LogP contribution in [0, 0.1) is 41.5 Å². The Kier molecular flexibility index (Phi) is 36.2. The van der Waals surface area contributed by atoms with Gasteiger partial charge in [-0.2, -0.15) is 0 Å². The third-order valence-electron chi connectivity index (χ3n) is 29.4. The Balaban J connectivity index is 0.000000185. The highest BCUT2D eigenvalue weighted by atomic mass is 16.4. The Morgan fingerprint density at radius 2 is 0.441 bits per heavy atom. The lowest BCUT2D eigenvalue weighted by Crippen LogP contribution is -2.24. The number of allylic oxidation sites excluding steroid dienone is 12. The number of unbranched alkanes of at least 4 members (excludes halogenated alkanes) is 13. The van der Waals surface area contributed by atoms with Crippen LogP contribution in [0.15, 0.2) is 112 Å². The summed E-state index contributed by atoms with van der Waals surface area (Å²) in [6, 6.07) is 24.5. The van der Waals surface area contributed by atoms with E-state index in [-0.39, 0.29) is 36.5 Å². The zero-order valence-electron chi connectivity index (χ0n) is 87.8. The Morgan fingerprint density at radius 3 is 0.648 bits per heavy atom. The summed E-state index contributed by atoms with van der Waals surface area (Å²) < 4.78 is 0. The molecule has 0 saturated carbocycles. The lowest BCUT2D eigenvalue weighted by Gasteiger charge is -2.08. The fourth-order valence-electron chi connectivity index (χ4n) is 20.3. The largest absolute Gasteiger partial charge is 0.481 e. The van der Waals surface area contributed by atoms with Gasteiger partial charge in [0.2, 0.25) is 23.6 Å². The number of carbonyl (C=O) groups excluding carboxylic acids is 4. The molecule has 6 aliphatic heterocycles. The molecule has 15 heterocycles. The molecule has 0 atom stereocenters. The van der Waals surface area contributed by atoms with E-state index in [9.17, 15) is 39.0 Å². The second-order valence-electron chi connectivity index (χ2n) is 38.6. The molecule has 15 rings (SSSR count). The number of amides is 4. The fraction of sp³-hybridized carbons (Fsp3) is 0.355. The van der Waals surface area contributed by atoms with Crippen LogP contribution in [0.5, 0.6) is 0 Å². The van der Waals surface area contributed by atoms with Gasteiger partial charge < -0.3 is 61.4 Å². The summed E-state index contributed by atoms with van der Waals surface area (Å²) in [5.41, 5.74) is 44.3. The molecule has 9 aromatic rings. The molecule has 145 heavy (non-hydrogen) atoms. The minimum atomic E-state index is -0.865. The Bertz CT molecular complexity index is 7180. The molecule has 12 N–H and O–H groups in total. The highest BCUT2D eigenvalue weighted by Gasteiger charge is 2.29. The van der Waals surface area contributed by atoms with Crippen molar-refractivity contribution >= 4 is 205 Å². The molecule has 0 spiro atoms. The number of hydrogen-bond donors (Lipinski definition) is 12. The van der Waals surface area contributed by atoms with Crippen molar-refractivity contribution in [2.75, 3.05) is 27.7 Å². The van der Waals surface area contributed by atoms with Crippen LogP contribution in [-0.4, -0.2) is 133 Å². The molecule has 24 heteroatoms. The normalized spacial score (nSPS) is 12.8. The van der Waals surface area contributed by atoms with Crippen molar-refractivity contribution in [2.24, 2.45) is 0 Å². The molecule has 0 aromatic carbocycles. The van der Waals surface area contributed by atoms with Crippen molar-refractivity contribution in [3.63, 3.8) is 0 Å². The standard InChI is InChI=1S/C51H70N6O2.2C35H37N5O3/c1-9-12-13-14-15-16-17-18-19-20-21-22-23-24-29-53-51(59)28-26-41-36(6)43-30-42-34(4)38(10-2)46(54-42)31-44-35(5)39(11-3)47(55-44)32-45-37(7)40(25-27-50(58)52-8)48(57-45)33-49(41)56-43;2*1-8-22-18(3)26-14-27-21(6)25(11-13-35(42)43)33(39-27)17-32-24(10-12-34(41)36-7)20(5)29(40-32)16-31-23(9-2)19(4)28(38-31)15-30(22)37-26/h10-11,30-33,54-55H,2-3,9,12-29H2,1,4-8H3,(H,52,58)(H,53,59);2*8-9,14-17,37-38H,1-2,10-13H2,3-7H3,(H,36,41)(H,42,43). The quantitative estimate of drug-likeness (QED) is 0.0159. The van der Waals surface area contributed by atoms with E-state index in [1.807, 2.05) is 114 Å². The molecule has 24 bridgehead atoms. The van der Waals surface area contributed by atoms with Crippen LogP contribution < -0.4 is 21.3 Å². The molecular weight excluding hydrogens is 1810 g/mol. The van der Waals surface area contributed by atoms with E-state index in [1.54, 1.807) is 21.1 Å². The van der Waals surface area contributed by atoms with Crippen molar-refractivity contribution in [1.82, 2.24) is 81.1 Å². The van der Waals surface area contributed by atoms with Gasteiger partial charge in [0, 0.05) is 166 Å². The van der Waals surface area contributed by atoms with Gasteiger partial charge >= 0.3 is 11.9 Å². The highest BCUT2D eigenvalue weighted by Crippen LogP contribution is 2.44. The molecule has 0 unspecified atom stereocenters. The van der Waals surface area contributed by atoms with Gasteiger partial charge in [0.15, 0.2) is 0 Å². The molecule has 24 nitrogen and oxygen atoms in total. The second-order valence-corrected chi connectivity index (χ2v) is 38.6. The first kappa shape index (κ1) is 107. The first-order valence-corrected chi connectivity index (χ1v) is 51.3. The SMILES string of the molecule is C=Cc1c(C)c2cc3[nH]c(cc4nc(cc5nc(cc1[nH]2)C(C)=C5CCC(=O)NC)C(CCC(=O)NCCCCCCCCCCCCCCCC)=C4C)c(C)c3C=C.C=Cc1c(C)c2cc3[nH]c(cc4nc(cc5nc(cc1[nH]2)C(C)=C5CCC(=O)NC)C(CCC(=O)O)=C4C)c(C)c3C=C.C=Cc1c(C)c2cc3[nH]c(cc4nc(cc5nc(cc1[nH]2)C(C)=C5CCC(=O)NC)C(CCC(=O)O)=C4C)c(C)c3C=C. The molecule has 756 valence electrons. The molecule has 0 saturated heterocycles. The van der Waals surface area contributed by atoms with Crippen molar-refractivity contribution < 1.29 is 39.0 Å². The van der Waals surface area contributed by atoms with Gasteiger partial charge in [-0.25, -0.2) is 29.9 Å². The molecule has 9 aromatic heterocycles. The third kappa shape index (κ3) is 24.8. The number of aromatic nitrogens is 12.